The zero-order valence-electron chi connectivity index (χ0n) is 3.82. The van der Waals surface area contributed by atoms with E-state index >= 15 is 0 Å². The smallest absolute Gasteiger partial charge is 0.218 e. The molecule has 0 aliphatic heterocycles. The molecule has 0 aliphatic carbocycles. The summed E-state index contributed by atoms with van der Waals surface area (Å²) in [6, 6.07) is 0. The molecule has 0 aliphatic rings. The molecule has 7 heavy (non-hydrogen) atoms. The Morgan fingerprint density at radius 1 is 1.71 bits per heavy atom. The summed E-state index contributed by atoms with van der Waals surface area (Å²) in [6.45, 7) is 0. The van der Waals surface area contributed by atoms with E-state index < -0.39 is 0 Å². The molecule has 41 valence electrons. The lowest BCUT2D eigenvalue weighted by atomic mass is 10.4. The highest BCUT2D eigenvalue weighted by Crippen LogP contribution is 1.94. The Morgan fingerprint density at radius 2 is 2.29 bits per heavy atom. The first kappa shape index (κ1) is 7.18. The first-order chi connectivity index (χ1) is 3.27. The summed E-state index contributed by atoms with van der Waals surface area (Å²) in [7, 11) is 0. The molecule has 0 aromatic carbocycles. The molecular formula is C4H6ClOS. The van der Waals surface area contributed by atoms with Crippen LogP contribution in [-0.2, 0) is 4.79 Å². The van der Waals surface area contributed by atoms with Gasteiger partial charge >= 0.3 is 0 Å². The van der Waals surface area contributed by atoms with Gasteiger partial charge in [0, 0.05) is 12.3 Å². The molecule has 0 bridgehead atoms. The minimum absolute atomic E-state index is 0.194. The molecule has 1 nitrogen and oxygen atoms in total. The predicted molar refractivity (Wildman–Crippen MR) is 32.6 cm³/mol. The van der Waals surface area contributed by atoms with Gasteiger partial charge in [-0.2, -0.15) is 0 Å². The number of rotatable bonds is 3. The van der Waals surface area contributed by atoms with Crippen molar-refractivity contribution in [2.75, 3.05) is 5.88 Å². The molecule has 0 saturated heterocycles. The van der Waals surface area contributed by atoms with Crippen molar-refractivity contribution >= 4 is 29.3 Å². The van der Waals surface area contributed by atoms with Crippen LogP contribution in [0.2, 0.25) is 0 Å². The van der Waals surface area contributed by atoms with E-state index in [1.54, 1.807) is 0 Å². The van der Waals surface area contributed by atoms with Gasteiger partial charge in [0.15, 0.2) is 0 Å². The summed E-state index contributed by atoms with van der Waals surface area (Å²) in [6.07, 6.45) is 1.16. The van der Waals surface area contributed by atoms with E-state index in [9.17, 15) is 4.79 Å². The Bertz CT molecular complexity index is 64.7. The van der Waals surface area contributed by atoms with Crippen molar-refractivity contribution in [1.82, 2.24) is 0 Å². The minimum atomic E-state index is -0.194. The minimum Gasteiger partial charge on any atom is -0.282 e. The first-order valence-corrected chi connectivity index (χ1v) is 2.97. The molecule has 0 heterocycles. The van der Waals surface area contributed by atoms with Gasteiger partial charge in [-0.15, -0.1) is 11.6 Å². The third kappa shape index (κ3) is 6.18. The molecule has 1 radical (unpaired) electrons. The van der Waals surface area contributed by atoms with Crippen LogP contribution in [0.4, 0.5) is 0 Å². The molecule has 0 aromatic rings. The largest absolute Gasteiger partial charge is 0.282 e. The Labute approximate surface area is 53.5 Å². The van der Waals surface area contributed by atoms with Gasteiger partial charge in [-0.05, 0) is 19.0 Å². The standard InChI is InChI=1S/C4H6ClOS/c5-3-1-2-4(6)7/h1-3H2. The molecule has 0 aromatic heterocycles. The number of hydrogen-bond acceptors (Lipinski definition) is 1. The number of halogens is 1. The van der Waals surface area contributed by atoms with Crippen molar-refractivity contribution < 1.29 is 4.79 Å². The molecular weight excluding hydrogens is 132 g/mol. The SMILES string of the molecule is O=C([S])CCCCl. The van der Waals surface area contributed by atoms with E-state index in [0.717, 1.165) is 0 Å². The van der Waals surface area contributed by atoms with Crippen LogP contribution in [0.3, 0.4) is 0 Å². The van der Waals surface area contributed by atoms with Gasteiger partial charge in [0.25, 0.3) is 0 Å². The van der Waals surface area contributed by atoms with Crippen molar-refractivity contribution in [3.63, 3.8) is 0 Å². The molecule has 3 heteroatoms. The van der Waals surface area contributed by atoms with Crippen molar-refractivity contribution in [3.05, 3.63) is 0 Å². The van der Waals surface area contributed by atoms with E-state index in [4.69, 9.17) is 11.6 Å². The van der Waals surface area contributed by atoms with Crippen LogP contribution in [0.15, 0.2) is 0 Å². The van der Waals surface area contributed by atoms with Crippen LogP contribution < -0.4 is 0 Å². The van der Waals surface area contributed by atoms with E-state index in [-0.39, 0.29) is 5.12 Å². The molecule has 0 amide bonds. The average molecular weight is 138 g/mol. The Kier molecular flexibility index (Phi) is 4.45. The second-order valence-electron chi connectivity index (χ2n) is 1.16. The molecule has 0 saturated carbocycles. The fraction of sp³-hybridized carbons (Fsp3) is 0.750. The van der Waals surface area contributed by atoms with E-state index in [2.05, 4.69) is 12.6 Å². The number of carbonyl (C=O) groups is 1. The molecule has 0 N–H and O–H groups in total. The molecule has 0 fully saturated rings. The fourth-order valence-electron chi connectivity index (χ4n) is 0.211. The highest BCUT2D eigenvalue weighted by molar-refractivity contribution is 7.96. The van der Waals surface area contributed by atoms with Gasteiger partial charge < -0.3 is 0 Å². The van der Waals surface area contributed by atoms with Gasteiger partial charge in [0.2, 0.25) is 5.12 Å². The van der Waals surface area contributed by atoms with Gasteiger partial charge in [-0.25, -0.2) is 0 Å². The summed E-state index contributed by atoms with van der Waals surface area (Å²) < 4.78 is 0. The summed E-state index contributed by atoms with van der Waals surface area (Å²) >= 11 is 9.49. The second kappa shape index (κ2) is 4.34. The van der Waals surface area contributed by atoms with Crippen LogP contribution in [0.1, 0.15) is 12.8 Å². The monoisotopic (exact) mass is 137 g/mol. The lowest BCUT2D eigenvalue weighted by Crippen LogP contribution is -1.84. The Hall–Kier alpha value is 0.180. The third-order valence-corrected chi connectivity index (χ3v) is 0.986. The van der Waals surface area contributed by atoms with E-state index in [1.165, 1.54) is 0 Å². The first-order valence-electron chi connectivity index (χ1n) is 2.03. The highest BCUT2D eigenvalue weighted by Gasteiger charge is 1.91. The Balaban J connectivity index is 2.82. The molecule has 0 unspecified atom stereocenters. The van der Waals surface area contributed by atoms with Crippen molar-refractivity contribution in [1.29, 1.82) is 0 Å². The second-order valence-corrected chi connectivity index (χ2v) is 2.00. The number of alkyl halides is 1. The summed E-state index contributed by atoms with van der Waals surface area (Å²) in [5, 5.41) is -0.194. The molecule has 0 rings (SSSR count). The fourth-order valence-corrected chi connectivity index (χ4v) is 0.489. The maximum absolute atomic E-state index is 9.96. The quantitative estimate of drug-likeness (QED) is 0.542. The normalized spacial score (nSPS) is 8.71. The van der Waals surface area contributed by atoms with Crippen LogP contribution in [0, 0.1) is 0 Å². The maximum Gasteiger partial charge on any atom is 0.218 e. The average Bonchev–Trinajstić information content (AvgIpc) is 1.61. The van der Waals surface area contributed by atoms with Gasteiger partial charge in [-0.1, -0.05) is 0 Å². The number of carbonyl (C=O) groups excluding carboxylic acids is 1. The zero-order chi connectivity index (χ0) is 5.70. The van der Waals surface area contributed by atoms with E-state index in [1.807, 2.05) is 0 Å². The van der Waals surface area contributed by atoms with Crippen LogP contribution in [-0.4, -0.2) is 11.0 Å². The van der Waals surface area contributed by atoms with Crippen molar-refractivity contribution in [2.45, 2.75) is 12.8 Å². The summed E-state index contributed by atoms with van der Waals surface area (Å²) in [5.74, 6) is 0.530. The maximum atomic E-state index is 9.96. The summed E-state index contributed by atoms with van der Waals surface area (Å²) in [5.41, 5.74) is 0. The van der Waals surface area contributed by atoms with E-state index in [0.29, 0.717) is 18.7 Å². The van der Waals surface area contributed by atoms with Crippen molar-refractivity contribution in [2.24, 2.45) is 0 Å². The molecule has 0 atom stereocenters. The third-order valence-electron chi connectivity index (χ3n) is 0.515. The number of hydrogen-bond donors (Lipinski definition) is 0. The van der Waals surface area contributed by atoms with Gasteiger partial charge in [-0.3, -0.25) is 4.79 Å². The Morgan fingerprint density at radius 3 is 2.43 bits per heavy atom. The van der Waals surface area contributed by atoms with Crippen molar-refractivity contribution in [3.8, 4) is 0 Å². The zero-order valence-corrected chi connectivity index (χ0v) is 5.39. The topological polar surface area (TPSA) is 17.1 Å². The predicted octanol–water partition coefficient (Wildman–Crippen LogP) is 1.73. The van der Waals surface area contributed by atoms with Crippen LogP contribution in [0.5, 0.6) is 0 Å². The lowest BCUT2D eigenvalue weighted by molar-refractivity contribution is -0.110. The summed E-state index contributed by atoms with van der Waals surface area (Å²) in [4.78, 5) is 9.96. The van der Waals surface area contributed by atoms with Crippen LogP contribution in [0.25, 0.3) is 0 Å². The van der Waals surface area contributed by atoms with Gasteiger partial charge in [0.1, 0.15) is 0 Å². The lowest BCUT2D eigenvalue weighted by Gasteiger charge is -1.83. The van der Waals surface area contributed by atoms with Gasteiger partial charge in [0.05, 0.1) is 0 Å². The van der Waals surface area contributed by atoms with Crippen LogP contribution >= 0.6 is 24.2 Å². The highest BCUT2D eigenvalue weighted by atomic mass is 35.5. The molecule has 0 spiro atoms.